The molecule has 11 rings (SSSR count). The molecule has 0 unspecified atom stereocenters. The number of thiophene rings is 1. The predicted octanol–water partition coefficient (Wildman–Crippen LogP) is 14.1. The van der Waals surface area contributed by atoms with Crippen LogP contribution in [-0.4, -0.2) is 15.0 Å². The highest BCUT2D eigenvalue weighted by atomic mass is 32.1. The molecule has 0 N–H and O–H groups in total. The summed E-state index contributed by atoms with van der Waals surface area (Å²) in [5.74, 6) is 1.93. The summed E-state index contributed by atoms with van der Waals surface area (Å²) in [5, 5.41) is 4.71. The summed E-state index contributed by atoms with van der Waals surface area (Å²) in [6.07, 6.45) is 0. The van der Waals surface area contributed by atoms with Gasteiger partial charge in [-0.1, -0.05) is 170 Å². The van der Waals surface area contributed by atoms with Crippen LogP contribution in [0.3, 0.4) is 0 Å². The average Bonchev–Trinajstić information content (AvgIpc) is 3.85. The molecule has 262 valence electrons. The van der Waals surface area contributed by atoms with Gasteiger partial charge in [0.15, 0.2) is 17.5 Å². The molecule has 3 aromatic heterocycles. The maximum atomic E-state index is 6.29. The quantitative estimate of drug-likeness (QED) is 0.171. The fraction of sp³-hybridized carbons (Fsp3) is 0. The molecular weight excluding hydrogens is 703 g/mol. The normalized spacial score (nSPS) is 11.6. The molecule has 0 bridgehead atoms. The molecule has 0 atom stereocenters. The van der Waals surface area contributed by atoms with Crippen LogP contribution in [0.2, 0.25) is 0 Å². The van der Waals surface area contributed by atoms with E-state index in [-0.39, 0.29) is 0 Å². The minimum Gasteiger partial charge on any atom is -0.456 e. The average molecular weight is 734 g/mol. The van der Waals surface area contributed by atoms with Gasteiger partial charge in [0.2, 0.25) is 0 Å². The molecule has 8 aromatic carbocycles. The number of furan rings is 1. The smallest absolute Gasteiger partial charge is 0.164 e. The maximum Gasteiger partial charge on any atom is 0.164 e. The van der Waals surface area contributed by atoms with E-state index in [0.29, 0.717) is 17.5 Å². The first-order valence-corrected chi connectivity index (χ1v) is 19.5. The third kappa shape index (κ3) is 5.48. The van der Waals surface area contributed by atoms with E-state index in [0.717, 1.165) is 49.8 Å². The van der Waals surface area contributed by atoms with E-state index in [9.17, 15) is 0 Å². The van der Waals surface area contributed by atoms with Gasteiger partial charge < -0.3 is 4.42 Å². The van der Waals surface area contributed by atoms with Gasteiger partial charge in [-0.15, -0.1) is 11.3 Å². The zero-order chi connectivity index (χ0) is 37.0. The highest BCUT2D eigenvalue weighted by Gasteiger charge is 2.19. The standard InChI is InChI=1S/C51H31N3OS/c1-3-13-32(14-4-1)33-25-27-35(28-26-33)50-52-49(34-15-5-2-6-16-34)53-51(54-50)36-29-30-39-42-22-11-21-41(48(42)56-46(39)31-36)38-18-8-7-17-37(38)40-20-12-24-45-47(40)43-19-9-10-23-44(43)55-45/h1-31H. The first kappa shape index (κ1) is 32.2. The number of hydrogen-bond acceptors (Lipinski definition) is 5. The lowest BCUT2D eigenvalue weighted by atomic mass is 9.91. The van der Waals surface area contributed by atoms with Crippen LogP contribution < -0.4 is 0 Å². The lowest BCUT2D eigenvalue weighted by Gasteiger charge is -2.12. The summed E-state index contributed by atoms with van der Waals surface area (Å²) in [6.45, 7) is 0. The van der Waals surface area contributed by atoms with Crippen LogP contribution >= 0.6 is 11.3 Å². The number of nitrogens with zero attached hydrogens (tertiary/aromatic N) is 3. The van der Waals surface area contributed by atoms with Crippen molar-refractivity contribution in [1.29, 1.82) is 0 Å². The lowest BCUT2D eigenvalue weighted by molar-refractivity contribution is 0.669. The summed E-state index contributed by atoms with van der Waals surface area (Å²) in [5.41, 5.74) is 11.7. The number of para-hydroxylation sites is 1. The van der Waals surface area contributed by atoms with Crippen LogP contribution in [0, 0.1) is 0 Å². The Bertz CT molecular complexity index is 3240. The molecule has 0 spiro atoms. The summed E-state index contributed by atoms with van der Waals surface area (Å²) in [4.78, 5) is 15.1. The minimum atomic E-state index is 0.643. The first-order chi connectivity index (χ1) is 27.7. The number of rotatable bonds is 6. The fourth-order valence-corrected chi connectivity index (χ4v) is 9.16. The Balaban J connectivity index is 1.04. The Morgan fingerprint density at radius 2 is 0.839 bits per heavy atom. The van der Waals surface area contributed by atoms with Crippen molar-refractivity contribution >= 4 is 53.4 Å². The molecule has 11 aromatic rings. The van der Waals surface area contributed by atoms with Crippen LogP contribution in [0.15, 0.2) is 192 Å². The Kier molecular flexibility index (Phi) is 7.64. The van der Waals surface area contributed by atoms with E-state index in [1.54, 1.807) is 0 Å². The second kappa shape index (κ2) is 13.3. The lowest BCUT2D eigenvalue weighted by Crippen LogP contribution is -2.00. The van der Waals surface area contributed by atoms with E-state index in [1.807, 2.05) is 59.9 Å². The molecule has 0 aliphatic carbocycles. The predicted molar refractivity (Wildman–Crippen MR) is 233 cm³/mol. The zero-order valence-electron chi connectivity index (χ0n) is 30.1. The van der Waals surface area contributed by atoms with Crippen molar-refractivity contribution in [1.82, 2.24) is 15.0 Å². The first-order valence-electron chi connectivity index (χ1n) is 18.7. The van der Waals surface area contributed by atoms with E-state index in [2.05, 4.69) is 140 Å². The van der Waals surface area contributed by atoms with Gasteiger partial charge in [0.05, 0.1) is 0 Å². The molecule has 0 amide bonds. The summed E-state index contributed by atoms with van der Waals surface area (Å²) in [7, 11) is 0. The van der Waals surface area contributed by atoms with Crippen molar-refractivity contribution in [3.05, 3.63) is 188 Å². The number of benzene rings is 8. The van der Waals surface area contributed by atoms with Gasteiger partial charge in [-0.25, -0.2) is 15.0 Å². The molecule has 0 aliphatic heterocycles. The molecule has 0 fully saturated rings. The molecule has 56 heavy (non-hydrogen) atoms. The number of hydrogen-bond donors (Lipinski definition) is 0. The largest absolute Gasteiger partial charge is 0.456 e. The van der Waals surface area contributed by atoms with Crippen molar-refractivity contribution in [2.24, 2.45) is 0 Å². The number of fused-ring (bicyclic) bond motifs is 6. The van der Waals surface area contributed by atoms with Gasteiger partial charge in [0.25, 0.3) is 0 Å². The van der Waals surface area contributed by atoms with Crippen molar-refractivity contribution in [3.8, 4) is 67.5 Å². The van der Waals surface area contributed by atoms with Crippen LogP contribution in [0.25, 0.3) is 110 Å². The van der Waals surface area contributed by atoms with Crippen molar-refractivity contribution in [2.45, 2.75) is 0 Å². The van der Waals surface area contributed by atoms with Crippen molar-refractivity contribution in [3.63, 3.8) is 0 Å². The second-order valence-electron chi connectivity index (χ2n) is 13.9. The van der Waals surface area contributed by atoms with Gasteiger partial charge in [0, 0.05) is 53.2 Å². The van der Waals surface area contributed by atoms with Crippen LogP contribution in [0.5, 0.6) is 0 Å². The molecule has 3 heterocycles. The molecule has 0 aliphatic rings. The zero-order valence-corrected chi connectivity index (χ0v) is 30.9. The van der Waals surface area contributed by atoms with Gasteiger partial charge >= 0.3 is 0 Å². The SMILES string of the molecule is c1ccc(-c2ccc(-c3nc(-c4ccccc4)nc(-c4ccc5c(c4)sc4c(-c6ccccc6-c6cccc7oc8ccccc8c67)cccc45)n3)cc2)cc1. The Morgan fingerprint density at radius 1 is 0.339 bits per heavy atom. The van der Waals surface area contributed by atoms with E-state index < -0.39 is 0 Å². The van der Waals surface area contributed by atoms with Crippen molar-refractivity contribution < 1.29 is 4.42 Å². The fourth-order valence-electron chi connectivity index (χ4n) is 7.89. The molecule has 5 heteroatoms. The van der Waals surface area contributed by atoms with Gasteiger partial charge in [0.1, 0.15) is 11.2 Å². The second-order valence-corrected chi connectivity index (χ2v) is 15.0. The Hall–Kier alpha value is -7.21. The molecular formula is C51H31N3OS. The summed E-state index contributed by atoms with van der Waals surface area (Å²) >= 11 is 1.81. The third-order valence-corrected chi connectivity index (χ3v) is 11.8. The highest BCUT2D eigenvalue weighted by Crippen LogP contribution is 2.45. The van der Waals surface area contributed by atoms with Crippen LogP contribution in [-0.2, 0) is 0 Å². The molecule has 0 radical (unpaired) electrons. The maximum absolute atomic E-state index is 6.29. The minimum absolute atomic E-state index is 0.643. The molecule has 4 nitrogen and oxygen atoms in total. The summed E-state index contributed by atoms with van der Waals surface area (Å²) < 4.78 is 8.72. The third-order valence-electron chi connectivity index (χ3n) is 10.6. The van der Waals surface area contributed by atoms with E-state index >= 15 is 0 Å². The molecule has 0 saturated carbocycles. The Labute approximate surface area is 327 Å². The highest BCUT2D eigenvalue weighted by molar-refractivity contribution is 7.26. The number of aromatic nitrogens is 3. The monoisotopic (exact) mass is 733 g/mol. The van der Waals surface area contributed by atoms with E-state index in [1.165, 1.54) is 42.4 Å². The van der Waals surface area contributed by atoms with Gasteiger partial charge in [-0.2, -0.15) is 0 Å². The van der Waals surface area contributed by atoms with Gasteiger partial charge in [-0.05, 0) is 46.0 Å². The van der Waals surface area contributed by atoms with Crippen molar-refractivity contribution in [2.75, 3.05) is 0 Å². The van der Waals surface area contributed by atoms with Crippen LogP contribution in [0.4, 0.5) is 0 Å². The van der Waals surface area contributed by atoms with E-state index in [4.69, 9.17) is 19.4 Å². The van der Waals surface area contributed by atoms with Gasteiger partial charge in [-0.3, -0.25) is 0 Å². The Morgan fingerprint density at radius 3 is 1.61 bits per heavy atom. The summed E-state index contributed by atoms with van der Waals surface area (Å²) in [6, 6.07) is 65.7. The molecule has 0 saturated heterocycles. The van der Waals surface area contributed by atoms with Crippen LogP contribution in [0.1, 0.15) is 0 Å². The topological polar surface area (TPSA) is 51.8 Å².